The fraction of sp³-hybridized carbons (Fsp3) is 0. The normalized spacial score (nSPS) is 11.8. The molecule has 2 heterocycles. The van der Waals surface area contributed by atoms with E-state index < -0.39 is 0 Å². The molecule has 0 bridgehead atoms. The zero-order valence-corrected chi connectivity index (χ0v) is 29.5. The minimum Gasteiger partial charge on any atom is -0.455 e. The molecule has 3 heteroatoms. The molecule has 0 saturated heterocycles. The number of thiophene rings is 1. The van der Waals surface area contributed by atoms with Crippen molar-refractivity contribution < 1.29 is 4.42 Å². The lowest BCUT2D eigenvalue weighted by molar-refractivity contribution is 0.670. The zero-order valence-electron chi connectivity index (χ0n) is 28.7. The molecule has 0 spiro atoms. The Kier molecular flexibility index (Phi) is 6.76. The van der Waals surface area contributed by atoms with Crippen molar-refractivity contribution in [2.45, 2.75) is 0 Å². The maximum Gasteiger partial charge on any atom is 0.143 e. The van der Waals surface area contributed by atoms with Gasteiger partial charge in [-0.05, 0) is 81.2 Å². The van der Waals surface area contributed by atoms with E-state index in [9.17, 15) is 0 Å². The Bertz CT molecular complexity index is 3170. The Hall–Kier alpha value is -6.68. The first-order chi connectivity index (χ1) is 26.3. The number of furan rings is 1. The highest BCUT2D eigenvalue weighted by molar-refractivity contribution is 7.26. The van der Waals surface area contributed by atoms with Gasteiger partial charge in [0.05, 0.1) is 0 Å². The Labute approximate surface area is 310 Å². The molecule has 0 unspecified atom stereocenters. The molecule has 0 atom stereocenters. The van der Waals surface area contributed by atoms with E-state index in [1.165, 1.54) is 58.4 Å². The van der Waals surface area contributed by atoms with Crippen LogP contribution in [0.3, 0.4) is 0 Å². The molecule has 248 valence electrons. The largest absolute Gasteiger partial charge is 0.455 e. The molecule has 11 rings (SSSR count). The van der Waals surface area contributed by atoms with Crippen molar-refractivity contribution in [1.29, 1.82) is 0 Å². The van der Waals surface area contributed by atoms with Crippen LogP contribution in [0.4, 0.5) is 17.1 Å². The molecule has 0 aliphatic rings. The highest BCUT2D eigenvalue weighted by atomic mass is 32.1. The molecule has 0 amide bonds. The summed E-state index contributed by atoms with van der Waals surface area (Å²) in [5, 5.41) is 9.64. The lowest BCUT2D eigenvalue weighted by Crippen LogP contribution is -2.09. The summed E-state index contributed by atoms with van der Waals surface area (Å²) in [6, 6.07) is 67.8. The third-order valence-electron chi connectivity index (χ3n) is 10.6. The molecule has 11 aromatic rings. The minimum atomic E-state index is 0.865. The van der Waals surface area contributed by atoms with Crippen LogP contribution in [0.1, 0.15) is 0 Å². The van der Waals surface area contributed by atoms with Gasteiger partial charge in [-0.25, -0.2) is 0 Å². The van der Waals surface area contributed by atoms with Gasteiger partial charge in [0.1, 0.15) is 11.2 Å². The summed E-state index contributed by atoms with van der Waals surface area (Å²) in [5.41, 5.74) is 9.75. The summed E-state index contributed by atoms with van der Waals surface area (Å²) in [7, 11) is 0. The molecule has 0 aliphatic carbocycles. The highest BCUT2D eigenvalue weighted by Gasteiger charge is 2.21. The van der Waals surface area contributed by atoms with Crippen molar-refractivity contribution in [1.82, 2.24) is 0 Å². The fourth-order valence-corrected chi connectivity index (χ4v) is 9.33. The van der Waals surface area contributed by atoms with Gasteiger partial charge < -0.3 is 9.32 Å². The summed E-state index contributed by atoms with van der Waals surface area (Å²) in [6.07, 6.45) is 0. The molecule has 0 N–H and O–H groups in total. The van der Waals surface area contributed by atoms with Crippen LogP contribution in [0, 0.1) is 0 Å². The molecule has 0 radical (unpaired) electrons. The number of hydrogen-bond donors (Lipinski definition) is 0. The number of rotatable bonds is 5. The average molecular weight is 694 g/mol. The van der Waals surface area contributed by atoms with Gasteiger partial charge >= 0.3 is 0 Å². The zero-order chi connectivity index (χ0) is 34.9. The van der Waals surface area contributed by atoms with Crippen LogP contribution in [0.5, 0.6) is 0 Å². The van der Waals surface area contributed by atoms with Gasteiger partial charge in [-0.2, -0.15) is 0 Å². The van der Waals surface area contributed by atoms with Gasteiger partial charge in [-0.1, -0.05) is 133 Å². The van der Waals surface area contributed by atoms with Crippen LogP contribution >= 0.6 is 11.3 Å². The SMILES string of the molecule is c1ccc(-c2ccc(N(c3ccc4ccccc4c3)c3ccc4c(c3)oc3c(-c5cccc6c5sc5ccccc56)c5ccccc5cc34)cc2)cc1. The summed E-state index contributed by atoms with van der Waals surface area (Å²) in [5.74, 6) is 0. The van der Waals surface area contributed by atoms with Gasteiger partial charge in [0, 0.05) is 65.2 Å². The lowest BCUT2D eigenvalue weighted by Gasteiger charge is -2.26. The second kappa shape index (κ2) is 11.9. The second-order valence-corrected chi connectivity index (χ2v) is 14.7. The van der Waals surface area contributed by atoms with Gasteiger partial charge in [-0.15, -0.1) is 11.3 Å². The molecule has 0 fully saturated rings. The summed E-state index contributed by atoms with van der Waals surface area (Å²) in [4.78, 5) is 2.34. The predicted molar refractivity (Wildman–Crippen MR) is 227 cm³/mol. The van der Waals surface area contributed by atoms with Crippen molar-refractivity contribution in [3.8, 4) is 22.3 Å². The van der Waals surface area contributed by atoms with E-state index in [0.717, 1.165) is 44.6 Å². The van der Waals surface area contributed by atoms with Crippen molar-refractivity contribution in [2.75, 3.05) is 4.90 Å². The number of fused-ring (bicyclic) bond motifs is 8. The first-order valence-electron chi connectivity index (χ1n) is 18.0. The van der Waals surface area contributed by atoms with Crippen LogP contribution < -0.4 is 4.90 Å². The predicted octanol–water partition coefficient (Wildman–Crippen LogP) is 15.1. The van der Waals surface area contributed by atoms with E-state index in [1.807, 2.05) is 11.3 Å². The van der Waals surface area contributed by atoms with E-state index in [4.69, 9.17) is 4.42 Å². The quantitative estimate of drug-likeness (QED) is 0.178. The van der Waals surface area contributed by atoms with Crippen LogP contribution in [-0.4, -0.2) is 0 Å². The molecule has 2 nitrogen and oxygen atoms in total. The number of anilines is 3. The maximum atomic E-state index is 7.06. The molecule has 9 aromatic carbocycles. The summed E-state index contributed by atoms with van der Waals surface area (Å²) >= 11 is 1.86. The van der Waals surface area contributed by atoms with Crippen LogP contribution in [0.2, 0.25) is 0 Å². The highest BCUT2D eigenvalue weighted by Crippen LogP contribution is 2.47. The lowest BCUT2D eigenvalue weighted by atomic mass is 9.94. The second-order valence-electron chi connectivity index (χ2n) is 13.7. The topological polar surface area (TPSA) is 16.4 Å². The third kappa shape index (κ3) is 4.86. The molecular weight excluding hydrogens is 663 g/mol. The van der Waals surface area contributed by atoms with E-state index in [1.54, 1.807) is 0 Å². The van der Waals surface area contributed by atoms with Gasteiger partial charge in [0.15, 0.2) is 0 Å². The average Bonchev–Trinajstić information content (AvgIpc) is 3.79. The van der Waals surface area contributed by atoms with Crippen LogP contribution in [0.15, 0.2) is 192 Å². The Morgan fingerprint density at radius 1 is 0.396 bits per heavy atom. The first kappa shape index (κ1) is 30.0. The molecule has 53 heavy (non-hydrogen) atoms. The van der Waals surface area contributed by atoms with Crippen molar-refractivity contribution in [2.24, 2.45) is 0 Å². The first-order valence-corrected chi connectivity index (χ1v) is 18.8. The Balaban J connectivity index is 1.13. The monoisotopic (exact) mass is 693 g/mol. The number of nitrogens with zero attached hydrogens (tertiary/aromatic N) is 1. The molecule has 0 aliphatic heterocycles. The van der Waals surface area contributed by atoms with Crippen molar-refractivity contribution in [3.63, 3.8) is 0 Å². The number of benzene rings is 9. The fourth-order valence-electron chi connectivity index (χ4n) is 8.11. The smallest absolute Gasteiger partial charge is 0.143 e. The minimum absolute atomic E-state index is 0.865. The summed E-state index contributed by atoms with van der Waals surface area (Å²) in [6.45, 7) is 0. The van der Waals surface area contributed by atoms with Crippen molar-refractivity contribution >= 4 is 92.1 Å². The Morgan fingerprint density at radius 3 is 1.92 bits per heavy atom. The molecular formula is C50H31NOS. The standard InChI is InChI=1S/C50H31NOS/c1-2-11-32(12-3-1)34-21-24-37(25-22-34)51(38-26-23-33-13-4-5-14-35(33)29-38)39-27-28-41-45-30-36-15-6-7-16-40(36)48(49(45)52-46(41)31-39)44-19-10-18-43-42-17-8-9-20-47(42)53-50(43)44/h1-31H. The van der Waals surface area contributed by atoms with E-state index in [-0.39, 0.29) is 0 Å². The Morgan fingerprint density at radius 2 is 1.06 bits per heavy atom. The van der Waals surface area contributed by atoms with Gasteiger partial charge in [0.25, 0.3) is 0 Å². The molecule has 0 saturated carbocycles. The third-order valence-corrected chi connectivity index (χ3v) is 11.8. The van der Waals surface area contributed by atoms with E-state index >= 15 is 0 Å². The van der Waals surface area contributed by atoms with Gasteiger partial charge in [-0.3, -0.25) is 0 Å². The van der Waals surface area contributed by atoms with Crippen LogP contribution in [-0.2, 0) is 0 Å². The molecule has 2 aromatic heterocycles. The van der Waals surface area contributed by atoms with Crippen LogP contribution in [0.25, 0.3) is 85.9 Å². The van der Waals surface area contributed by atoms with E-state index in [0.29, 0.717) is 0 Å². The maximum absolute atomic E-state index is 7.06. The van der Waals surface area contributed by atoms with Crippen molar-refractivity contribution in [3.05, 3.63) is 188 Å². The summed E-state index contributed by atoms with van der Waals surface area (Å²) < 4.78 is 9.64. The number of hydrogen-bond acceptors (Lipinski definition) is 3. The van der Waals surface area contributed by atoms with Gasteiger partial charge in [0.2, 0.25) is 0 Å². The van der Waals surface area contributed by atoms with E-state index in [2.05, 4.69) is 193 Å².